The molecule has 0 bridgehead atoms. The van der Waals surface area contributed by atoms with Crippen molar-refractivity contribution in [1.29, 1.82) is 0 Å². The number of carbonyl (C=O) groups is 11. The normalized spacial score (nSPS) is 15.0. The summed E-state index contributed by atoms with van der Waals surface area (Å²) in [6.07, 6.45) is -3.48. The van der Waals surface area contributed by atoms with Crippen molar-refractivity contribution in [3.8, 4) is 5.75 Å². The first-order valence-corrected chi connectivity index (χ1v) is 25.4. The number of nitro benzene ring substituents is 2. The molecule has 2 heterocycles. The topological polar surface area (TPSA) is 482 Å². The molecule has 0 spiro atoms. The van der Waals surface area contributed by atoms with Crippen molar-refractivity contribution in [2.75, 3.05) is 25.5 Å². The van der Waals surface area contributed by atoms with Crippen LogP contribution in [0.2, 0.25) is 0 Å². The third-order valence-electron chi connectivity index (χ3n) is 12.8. The summed E-state index contributed by atoms with van der Waals surface area (Å²) in [6.45, 7) is 4.09. The number of carboxylic acids is 4. The molecular weight excluding hydrogens is 1090 g/mol. The molecule has 0 aliphatic carbocycles. The van der Waals surface area contributed by atoms with Gasteiger partial charge in [-0.3, -0.25) is 68.2 Å². The van der Waals surface area contributed by atoms with Gasteiger partial charge in [0.25, 0.3) is 11.4 Å². The number of likely N-dealkylation sites (tertiary alicyclic amines) is 1. The lowest BCUT2D eigenvalue weighted by Gasteiger charge is -2.29. The van der Waals surface area contributed by atoms with Gasteiger partial charge in [-0.15, -0.1) is 0 Å². The molecule has 4 rings (SSSR count). The lowest BCUT2D eigenvalue weighted by molar-refractivity contribution is -0.393. The predicted octanol–water partition coefficient (Wildman–Crippen LogP) is -0.0826. The maximum atomic E-state index is 13.8. The SMILES string of the molecule is COc1ccc2c(CC(=O)NC(CC(=O)O)C(=O)NC(CCC(=O)O)C(=O)NC(C(=O)NC(CC(=O)O)C(=O)NC(C)C(=O)N3CCCC3C(=O)NC(CCCCNc3ccc([N+](=O)[O-])cc3[N+](=O)[O-])C(=O)O)C(C)C)cc(=O)oc2c1. The molecule has 1 aromatic heterocycles. The van der Waals surface area contributed by atoms with E-state index < -0.39 is 172 Å². The Hall–Kier alpha value is -9.78. The molecule has 82 heavy (non-hydrogen) atoms. The summed E-state index contributed by atoms with van der Waals surface area (Å²) in [5.41, 5.74) is -1.73. The number of carbonyl (C=O) groups excluding carboxylic acids is 7. The average Bonchev–Trinajstić information content (AvgIpc) is 4.03. The third kappa shape index (κ3) is 19.0. The van der Waals surface area contributed by atoms with Crippen LogP contribution in [0.3, 0.4) is 0 Å². The van der Waals surface area contributed by atoms with Gasteiger partial charge in [-0.2, -0.15) is 0 Å². The number of carboxylic acid groups (broad SMARTS) is 4. The molecule has 7 amide bonds. The molecule has 7 atom stereocenters. The molecule has 1 saturated heterocycles. The number of amides is 7. The van der Waals surface area contributed by atoms with Gasteiger partial charge in [0.2, 0.25) is 41.4 Å². The van der Waals surface area contributed by atoms with E-state index in [0.717, 1.165) is 29.2 Å². The van der Waals surface area contributed by atoms with Crippen LogP contribution >= 0.6 is 0 Å². The van der Waals surface area contributed by atoms with Gasteiger partial charge < -0.3 is 71.7 Å². The van der Waals surface area contributed by atoms with E-state index in [1.807, 2.05) is 0 Å². The fourth-order valence-corrected chi connectivity index (χ4v) is 8.61. The smallest absolute Gasteiger partial charge is 0.336 e. The minimum absolute atomic E-state index is 0.0113. The Morgan fingerprint density at radius 1 is 0.720 bits per heavy atom. The van der Waals surface area contributed by atoms with Gasteiger partial charge in [-0.05, 0) is 75.1 Å². The standard InChI is InChI=1S/C50H62N10O22/c1-24(2)43(57-44(69)31(14-15-39(62)63)54-46(71)33(22-40(64)65)53-38(61)18-26-19-42(68)82-37-21-28(81-4)11-12-29(26)37)48(73)56-34(23-41(66)67)45(70)52-25(3)49(74)58-17-7-9-35(58)47(72)55-32(50(75)76)8-5-6-16-51-30-13-10-27(59(77)78)20-36(30)60(79)80/h10-13,19-21,24-25,31-35,43,51H,5-9,14-18,22-23H2,1-4H3,(H,52,70)(H,53,61)(H,54,71)(H,55,72)(H,56,73)(H,57,69)(H,62,63)(H,64,65)(H,66,67)(H,75,76). The minimum Gasteiger partial charge on any atom is -0.497 e. The fraction of sp³-hybridized carbons (Fsp3) is 0.480. The fourth-order valence-electron chi connectivity index (χ4n) is 8.61. The highest BCUT2D eigenvalue weighted by Gasteiger charge is 2.40. The lowest BCUT2D eigenvalue weighted by Crippen LogP contribution is -2.60. The van der Waals surface area contributed by atoms with Crippen molar-refractivity contribution in [1.82, 2.24) is 36.8 Å². The number of ether oxygens (including phenoxy) is 1. The third-order valence-corrected chi connectivity index (χ3v) is 12.8. The summed E-state index contributed by atoms with van der Waals surface area (Å²) in [4.78, 5) is 177. The van der Waals surface area contributed by atoms with Gasteiger partial charge in [-0.25, -0.2) is 9.59 Å². The van der Waals surface area contributed by atoms with Gasteiger partial charge in [-0.1, -0.05) is 13.8 Å². The second-order valence-corrected chi connectivity index (χ2v) is 19.2. The van der Waals surface area contributed by atoms with Crippen LogP contribution in [0.25, 0.3) is 11.0 Å². The number of aliphatic carboxylic acids is 4. The summed E-state index contributed by atoms with van der Waals surface area (Å²) in [5.74, 6) is -14.1. The minimum atomic E-state index is -1.93. The largest absolute Gasteiger partial charge is 0.497 e. The van der Waals surface area contributed by atoms with Crippen molar-refractivity contribution in [2.45, 2.75) is 127 Å². The second kappa shape index (κ2) is 30.0. The molecule has 444 valence electrons. The highest BCUT2D eigenvalue weighted by molar-refractivity contribution is 5.99. The maximum Gasteiger partial charge on any atom is 0.336 e. The summed E-state index contributed by atoms with van der Waals surface area (Å²) in [6, 6.07) is -3.02. The van der Waals surface area contributed by atoms with Crippen LogP contribution in [0.5, 0.6) is 5.75 Å². The van der Waals surface area contributed by atoms with Crippen molar-refractivity contribution in [3.63, 3.8) is 0 Å². The summed E-state index contributed by atoms with van der Waals surface area (Å²) in [5, 5.41) is 78.0. The van der Waals surface area contributed by atoms with Crippen molar-refractivity contribution in [2.24, 2.45) is 5.92 Å². The van der Waals surface area contributed by atoms with Crippen molar-refractivity contribution < 1.29 is 92.2 Å². The van der Waals surface area contributed by atoms with Crippen LogP contribution in [0.1, 0.15) is 84.1 Å². The second-order valence-electron chi connectivity index (χ2n) is 19.2. The number of nitrogens with zero attached hydrogens (tertiary/aromatic N) is 3. The zero-order valence-electron chi connectivity index (χ0n) is 44.6. The van der Waals surface area contributed by atoms with Crippen LogP contribution in [0, 0.1) is 26.1 Å². The van der Waals surface area contributed by atoms with E-state index in [0.29, 0.717) is 11.1 Å². The highest BCUT2D eigenvalue weighted by Crippen LogP contribution is 2.29. The number of rotatable bonds is 32. The molecule has 1 aliphatic rings. The Balaban J connectivity index is 1.39. The van der Waals surface area contributed by atoms with Crippen LogP contribution in [-0.2, 0) is 59.2 Å². The Morgan fingerprint density at radius 2 is 1.35 bits per heavy atom. The quantitative estimate of drug-likeness (QED) is 0.0168. The van der Waals surface area contributed by atoms with Gasteiger partial charge in [0, 0.05) is 43.1 Å². The van der Waals surface area contributed by atoms with Crippen LogP contribution in [-0.4, -0.2) is 163 Å². The Labute approximate surface area is 464 Å². The van der Waals surface area contributed by atoms with E-state index in [-0.39, 0.29) is 62.0 Å². The first-order chi connectivity index (χ1) is 38.6. The molecule has 1 aliphatic heterocycles. The number of methoxy groups -OCH3 is 1. The number of benzene rings is 2. The zero-order chi connectivity index (χ0) is 61.1. The molecule has 32 heteroatoms. The number of non-ortho nitro benzene ring substituents is 1. The predicted molar refractivity (Wildman–Crippen MR) is 281 cm³/mol. The maximum absolute atomic E-state index is 13.8. The van der Waals surface area contributed by atoms with Crippen LogP contribution in [0.15, 0.2) is 51.7 Å². The van der Waals surface area contributed by atoms with Gasteiger partial charge in [0.1, 0.15) is 59.3 Å². The molecule has 0 saturated carbocycles. The molecule has 7 unspecified atom stereocenters. The van der Waals surface area contributed by atoms with Gasteiger partial charge >= 0.3 is 29.5 Å². The average molecular weight is 1160 g/mol. The molecular formula is C50H62N10O22. The molecule has 11 N–H and O–H groups in total. The Kier molecular flexibility index (Phi) is 23.7. The first kappa shape index (κ1) is 64.7. The van der Waals surface area contributed by atoms with Gasteiger partial charge in [0.15, 0.2) is 0 Å². The summed E-state index contributed by atoms with van der Waals surface area (Å²) >= 11 is 0. The number of nitrogens with one attached hydrogen (secondary N) is 7. The number of fused-ring (bicyclic) bond motifs is 1. The van der Waals surface area contributed by atoms with E-state index in [1.165, 1.54) is 46.1 Å². The van der Waals surface area contributed by atoms with E-state index in [1.54, 1.807) is 0 Å². The Bertz CT molecular complexity index is 3020. The lowest BCUT2D eigenvalue weighted by atomic mass is 10.0. The number of anilines is 1. The zero-order valence-corrected chi connectivity index (χ0v) is 44.6. The molecule has 32 nitrogen and oxygen atoms in total. The molecule has 0 radical (unpaired) electrons. The van der Waals surface area contributed by atoms with Crippen LogP contribution < -0.4 is 47.6 Å². The molecule has 1 fully saturated rings. The highest BCUT2D eigenvalue weighted by atomic mass is 16.6. The van der Waals surface area contributed by atoms with Crippen molar-refractivity contribution >= 4 is 93.3 Å². The van der Waals surface area contributed by atoms with Gasteiger partial charge in [0.05, 0.1) is 42.3 Å². The number of hydrogen-bond donors (Lipinski definition) is 11. The van der Waals surface area contributed by atoms with Crippen LogP contribution in [0.4, 0.5) is 17.1 Å². The molecule has 3 aromatic rings. The van der Waals surface area contributed by atoms with E-state index in [4.69, 9.17) is 9.15 Å². The van der Waals surface area contributed by atoms with E-state index in [2.05, 4.69) is 37.2 Å². The number of nitro groups is 2. The monoisotopic (exact) mass is 1150 g/mol. The van der Waals surface area contributed by atoms with Crippen molar-refractivity contribution in [3.05, 3.63) is 78.7 Å². The summed E-state index contributed by atoms with van der Waals surface area (Å²) < 4.78 is 10.3. The summed E-state index contributed by atoms with van der Waals surface area (Å²) in [7, 11) is 1.37. The molecule has 2 aromatic carbocycles. The first-order valence-electron chi connectivity index (χ1n) is 25.4. The number of unbranched alkanes of at least 4 members (excludes halogenated alkanes) is 1. The number of hydrogen-bond acceptors (Lipinski definition) is 19. The van der Waals surface area contributed by atoms with E-state index in [9.17, 15) is 98.2 Å². The van der Waals surface area contributed by atoms with E-state index >= 15 is 0 Å². The Morgan fingerprint density at radius 3 is 1.95 bits per heavy atom.